The monoisotopic (exact) mass is 222 g/mol. The molecule has 0 heterocycles. The highest BCUT2D eigenvalue weighted by molar-refractivity contribution is 4.82. The van der Waals surface area contributed by atoms with E-state index in [2.05, 4.69) is 13.8 Å². The molecule has 2 aliphatic rings. The van der Waals surface area contributed by atoms with E-state index in [1.807, 2.05) is 0 Å². The highest BCUT2D eigenvalue weighted by Crippen LogP contribution is 2.43. The van der Waals surface area contributed by atoms with Crippen molar-refractivity contribution in [2.45, 2.75) is 78.1 Å². The second-order valence-electron chi connectivity index (χ2n) is 6.50. The number of rotatable bonds is 3. The van der Waals surface area contributed by atoms with E-state index < -0.39 is 0 Å². The summed E-state index contributed by atoms with van der Waals surface area (Å²) >= 11 is 0. The van der Waals surface area contributed by atoms with Gasteiger partial charge in [0.05, 0.1) is 0 Å². The Balaban J connectivity index is 1.79. The quantitative estimate of drug-likeness (QED) is 0.598. The molecule has 0 aromatic carbocycles. The molecule has 2 atom stereocenters. The molecule has 0 heteroatoms. The molecular formula is C16H30. The average Bonchev–Trinajstić information content (AvgIpc) is 2.31. The number of hydrogen-bond donors (Lipinski definition) is 0. The smallest absolute Gasteiger partial charge is 0.0360 e. The van der Waals surface area contributed by atoms with Gasteiger partial charge >= 0.3 is 0 Å². The van der Waals surface area contributed by atoms with Gasteiger partial charge in [-0.05, 0) is 42.9 Å². The fraction of sp³-hybridized carbons (Fsp3) is 1.00. The third-order valence-electron chi connectivity index (χ3n) is 5.37. The van der Waals surface area contributed by atoms with Crippen molar-refractivity contribution in [2.24, 2.45) is 23.7 Å². The lowest BCUT2D eigenvalue weighted by molar-refractivity contribution is 0.119. The van der Waals surface area contributed by atoms with Crippen molar-refractivity contribution in [3.63, 3.8) is 0 Å². The van der Waals surface area contributed by atoms with Crippen LogP contribution in [0.2, 0.25) is 0 Å². The Morgan fingerprint density at radius 3 is 2.19 bits per heavy atom. The zero-order chi connectivity index (χ0) is 11.4. The molecular weight excluding hydrogens is 192 g/mol. The lowest BCUT2D eigenvalue weighted by atomic mass is 9.67. The van der Waals surface area contributed by atoms with Crippen LogP contribution in [0.1, 0.15) is 78.1 Å². The molecule has 0 amide bonds. The van der Waals surface area contributed by atoms with Gasteiger partial charge in [-0.1, -0.05) is 58.8 Å². The summed E-state index contributed by atoms with van der Waals surface area (Å²) in [7, 11) is 0. The molecule has 2 rings (SSSR count). The van der Waals surface area contributed by atoms with Crippen LogP contribution in [-0.2, 0) is 0 Å². The van der Waals surface area contributed by atoms with E-state index in [9.17, 15) is 0 Å². The van der Waals surface area contributed by atoms with Gasteiger partial charge in [0.15, 0.2) is 0 Å². The van der Waals surface area contributed by atoms with Gasteiger partial charge in [0.25, 0.3) is 0 Å². The minimum atomic E-state index is 1.03. The Kier molecular flexibility index (Phi) is 4.73. The predicted octanol–water partition coefficient (Wildman–Crippen LogP) is 5.42. The van der Waals surface area contributed by atoms with Gasteiger partial charge in [-0.15, -0.1) is 0 Å². The van der Waals surface area contributed by atoms with Crippen molar-refractivity contribution in [1.29, 1.82) is 0 Å². The molecule has 0 nitrogen and oxygen atoms in total. The SMILES string of the molecule is CCCC1CCC(C2CCCCC2C)CC1. The molecule has 2 unspecified atom stereocenters. The Labute approximate surface area is 102 Å². The van der Waals surface area contributed by atoms with E-state index in [4.69, 9.17) is 0 Å². The van der Waals surface area contributed by atoms with Gasteiger partial charge in [0.2, 0.25) is 0 Å². The molecule has 0 saturated heterocycles. The molecule has 0 aromatic rings. The van der Waals surface area contributed by atoms with Crippen molar-refractivity contribution < 1.29 is 0 Å². The molecule has 94 valence electrons. The third kappa shape index (κ3) is 3.02. The molecule has 16 heavy (non-hydrogen) atoms. The summed E-state index contributed by atoms with van der Waals surface area (Å²) in [6.45, 7) is 4.86. The van der Waals surface area contributed by atoms with E-state index >= 15 is 0 Å². The summed E-state index contributed by atoms with van der Waals surface area (Å²) in [5.74, 6) is 4.31. The largest absolute Gasteiger partial charge is 0.0654 e. The highest BCUT2D eigenvalue weighted by Gasteiger charge is 2.31. The van der Waals surface area contributed by atoms with Gasteiger partial charge in [-0.25, -0.2) is 0 Å². The lowest BCUT2D eigenvalue weighted by Crippen LogP contribution is -2.28. The van der Waals surface area contributed by atoms with Crippen LogP contribution < -0.4 is 0 Å². The van der Waals surface area contributed by atoms with Crippen molar-refractivity contribution in [3.8, 4) is 0 Å². The van der Waals surface area contributed by atoms with Gasteiger partial charge in [-0.2, -0.15) is 0 Å². The van der Waals surface area contributed by atoms with E-state index in [-0.39, 0.29) is 0 Å². The van der Waals surface area contributed by atoms with Crippen molar-refractivity contribution in [2.75, 3.05) is 0 Å². The maximum Gasteiger partial charge on any atom is -0.0360 e. The zero-order valence-corrected chi connectivity index (χ0v) is 11.4. The Bertz CT molecular complexity index is 188. The topological polar surface area (TPSA) is 0 Å². The average molecular weight is 222 g/mol. The molecule has 0 aliphatic heterocycles. The molecule has 2 saturated carbocycles. The highest BCUT2D eigenvalue weighted by atomic mass is 14.4. The van der Waals surface area contributed by atoms with Crippen molar-refractivity contribution in [1.82, 2.24) is 0 Å². The minimum Gasteiger partial charge on any atom is -0.0654 e. The molecule has 0 spiro atoms. The number of hydrogen-bond acceptors (Lipinski definition) is 0. The Morgan fingerprint density at radius 2 is 1.56 bits per heavy atom. The van der Waals surface area contributed by atoms with Crippen LogP contribution in [0.4, 0.5) is 0 Å². The Morgan fingerprint density at radius 1 is 0.875 bits per heavy atom. The first-order chi connectivity index (χ1) is 7.81. The van der Waals surface area contributed by atoms with Crippen LogP contribution >= 0.6 is 0 Å². The molecule has 0 aromatic heterocycles. The third-order valence-corrected chi connectivity index (χ3v) is 5.37. The first-order valence-electron chi connectivity index (χ1n) is 7.81. The van der Waals surface area contributed by atoms with Gasteiger partial charge in [-0.3, -0.25) is 0 Å². The van der Waals surface area contributed by atoms with E-state index in [1.165, 1.54) is 32.1 Å². The van der Waals surface area contributed by atoms with E-state index in [1.54, 1.807) is 32.1 Å². The summed E-state index contributed by atoms with van der Waals surface area (Å²) in [4.78, 5) is 0. The van der Waals surface area contributed by atoms with E-state index in [0.29, 0.717) is 0 Å². The summed E-state index contributed by atoms with van der Waals surface area (Å²) in [6, 6.07) is 0. The molecule has 0 N–H and O–H groups in total. The lowest BCUT2D eigenvalue weighted by Gasteiger charge is -2.39. The fourth-order valence-corrected chi connectivity index (χ4v) is 4.36. The standard InChI is InChI=1S/C16H30/c1-3-6-14-9-11-15(12-10-14)16-8-5-4-7-13(16)2/h13-16H,3-12H2,1-2H3. The fourth-order valence-electron chi connectivity index (χ4n) is 4.36. The Hall–Kier alpha value is 0. The zero-order valence-electron chi connectivity index (χ0n) is 11.4. The van der Waals surface area contributed by atoms with Crippen LogP contribution in [0, 0.1) is 23.7 Å². The second kappa shape index (κ2) is 6.07. The van der Waals surface area contributed by atoms with E-state index in [0.717, 1.165) is 23.7 Å². The maximum atomic E-state index is 2.52. The summed E-state index contributed by atoms with van der Waals surface area (Å²) in [5.41, 5.74) is 0. The second-order valence-corrected chi connectivity index (χ2v) is 6.50. The normalized spacial score (nSPS) is 40.9. The first-order valence-corrected chi connectivity index (χ1v) is 7.81. The van der Waals surface area contributed by atoms with Crippen LogP contribution in [0.3, 0.4) is 0 Å². The van der Waals surface area contributed by atoms with Gasteiger partial charge in [0.1, 0.15) is 0 Å². The minimum absolute atomic E-state index is 1.03. The molecule has 2 fully saturated rings. The van der Waals surface area contributed by atoms with Crippen LogP contribution in [-0.4, -0.2) is 0 Å². The van der Waals surface area contributed by atoms with Crippen molar-refractivity contribution >= 4 is 0 Å². The molecule has 2 aliphatic carbocycles. The van der Waals surface area contributed by atoms with Gasteiger partial charge in [0, 0.05) is 0 Å². The predicted molar refractivity (Wildman–Crippen MR) is 71.5 cm³/mol. The summed E-state index contributed by atoms with van der Waals surface area (Å²) < 4.78 is 0. The molecule has 0 bridgehead atoms. The first kappa shape index (κ1) is 12.5. The van der Waals surface area contributed by atoms with Crippen LogP contribution in [0.25, 0.3) is 0 Å². The van der Waals surface area contributed by atoms with Crippen molar-refractivity contribution in [3.05, 3.63) is 0 Å². The maximum absolute atomic E-state index is 2.52. The van der Waals surface area contributed by atoms with Crippen LogP contribution in [0.5, 0.6) is 0 Å². The van der Waals surface area contributed by atoms with Crippen LogP contribution in [0.15, 0.2) is 0 Å². The summed E-state index contributed by atoms with van der Waals surface area (Å²) in [6.07, 6.45) is 15.2. The molecule has 0 radical (unpaired) electrons. The van der Waals surface area contributed by atoms with Gasteiger partial charge < -0.3 is 0 Å². The summed E-state index contributed by atoms with van der Waals surface area (Å²) in [5, 5.41) is 0.